The van der Waals surface area contributed by atoms with Gasteiger partial charge in [0.1, 0.15) is 17.1 Å². The van der Waals surface area contributed by atoms with Crippen molar-refractivity contribution >= 4 is 41.2 Å². The smallest absolute Gasteiger partial charge is 0.272 e. The number of carbonyl (C=O) groups is 4. The summed E-state index contributed by atoms with van der Waals surface area (Å²) in [7, 11) is 7.38. The second-order valence-corrected chi connectivity index (χ2v) is 9.48. The number of nitrogens with zero attached hydrogens (tertiary/aromatic N) is 4. The van der Waals surface area contributed by atoms with Crippen molar-refractivity contribution in [3.8, 4) is 0 Å². The van der Waals surface area contributed by atoms with Crippen LogP contribution in [0.15, 0.2) is 36.8 Å². The van der Waals surface area contributed by atoms with Gasteiger partial charge in [0.2, 0.25) is 6.41 Å². The molecule has 0 aromatic carbocycles. The maximum Gasteiger partial charge on any atom is 0.272 e. The number of carbonyl (C=O) groups excluding carboxylic acids is 4. The van der Waals surface area contributed by atoms with E-state index in [4.69, 9.17) is 5.73 Å². The summed E-state index contributed by atoms with van der Waals surface area (Å²) in [4.78, 5) is 51.4. The van der Waals surface area contributed by atoms with Crippen molar-refractivity contribution in [2.24, 2.45) is 19.8 Å². The van der Waals surface area contributed by atoms with Crippen molar-refractivity contribution in [3.63, 3.8) is 0 Å². The van der Waals surface area contributed by atoms with Gasteiger partial charge in [-0.25, -0.2) is 0 Å². The fourth-order valence-electron chi connectivity index (χ4n) is 4.09. The number of amides is 4. The van der Waals surface area contributed by atoms with Crippen LogP contribution in [0.1, 0.15) is 44.3 Å². The topological polar surface area (TPSA) is 160 Å². The molecule has 3 heterocycles. The summed E-state index contributed by atoms with van der Waals surface area (Å²) >= 11 is 0. The van der Waals surface area contributed by atoms with E-state index in [0.29, 0.717) is 66.6 Å². The molecule has 0 aliphatic heterocycles. The molecular formula is C26H37N9O4. The van der Waals surface area contributed by atoms with Crippen LogP contribution >= 0.6 is 0 Å². The molecule has 0 bridgehead atoms. The third-order valence-corrected chi connectivity index (χ3v) is 6.02. The lowest BCUT2D eigenvalue weighted by Gasteiger charge is -2.10. The SMILES string of the molecule is CN(C)CCCNC(=O)c1cc(NC(=O)c2cc(NC(=O)c3cc(NC=O)cn3C)cn2CCCN)cn1C. The molecule has 39 heavy (non-hydrogen) atoms. The van der Waals surface area contributed by atoms with Gasteiger partial charge in [-0.05, 0) is 58.2 Å². The Morgan fingerprint density at radius 2 is 1.41 bits per heavy atom. The first-order valence-corrected chi connectivity index (χ1v) is 12.6. The van der Waals surface area contributed by atoms with E-state index < -0.39 is 11.8 Å². The Hall–Kier alpha value is -4.36. The molecule has 0 fully saturated rings. The van der Waals surface area contributed by atoms with E-state index in [-0.39, 0.29) is 5.91 Å². The first-order valence-electron chi connectivity index (χ1n) is 12.6. The molecule has 3 aromatic heterocycles. The van der Waals surface area contributed by atoms with E-state index in [2.05, 4.69) is 21.3 Å². The lowest BCUT2D eigenvalue weighted by Crippen LogP contribution is -2.28. The lowest BCUT2D eigenvalue weighted by molar-refractivity contribution is -0.105. The molecule has 0 atom stereocenters. The minimum absolute atomic E-state index is 0.222. The highest BCUT2D eigenvalue weighted by Crippen LogP contribution is 2.20. The molecule has 4 amide bonds. The van der Waals surface area contributed by atoms with E-state index >= 15 is 0 Å². The summed E-state index contributed by atoms with van der Waals surface area (Å²) in [5, 5.41) is 11.1. The Kier molecular flexibility index (Phi) is 10.1. The standard InChI is InChI=1S/C26H37N9O4/c1-32(2)9-6-8-28-24(37)21-12-19(15-34(21)4)30-26(39)23-13-20(16-35(23)10-5-7-27)31-25(38)22-11-18(29-17-36)14-33(22)3/h11-17H,5-10,27H2,1-4H3,(H,28,37)(H,29,36)(H,30,39)(H,31,38). The highest BCUT2D eigenvalue weighted by atomic mass is 16.2. The number of aromatic nitrogens is 3. The molecule has 3 aromatic rings. The molecule has 0 radical (unpaired) electrons. The summed E-state index contributed by atoms with van der Waals surface area (Å²) in [5.74, 6) is -1.02. The molecule has 210 valence electrons. The number of anilines is 3. The maximum atomic E-state index is 13.2. The van der Waals surface area contributed by atoms with Crippen molar-refractivity contribution < 1.29 is 19.2 Å². The monoisotopic (exact) mass is 539 g/mol. The van der Waals surface area contributed by atoms with Crippen LogP contribution in [-0.4, -0.2) is 76.5 Å². The summed E-state index contributed by atoms with van der Waals surface area (Å²) < 4.78 is 4.97. The number of nitrogens with one attached hydrogen (secondary N) is 4. The Bertz CT molecular complexity index is 1320. The summed E-state index contributed by atoms with van der Waals surface area (Å²) in [6, 6.07) is 4.75. The Morgan fingerprint density at radius 1 is 0.846 bits per heavy atom. The average Bonchev–Trinajstić information content (AvgIpc) is 3.56. The molecule has 13 heteroatoms. The summed E-state index contributed by atoms with van der Waals surface area (Å²) in [5.41, 5.74) is 8.15. The first kappa shape index (κ1) is 29.2. The number of aryl methyl sites for hydroxylation is 3. The fourth-order valence-corrected chi connectivity index (χ4v) is 4.09. The maximum absolute atomic E-state index is 13.2. The van der Waals surface area contributed by atoms with Crippen molar-refractivity contribution in [2.75, 3.05) is 49.7 Å². The predicted octanol–water partition coefficient (Wildman–Crippen LogP) is 1.27. The Labute approximate surface area is 227 Å². The van der Waals surface area contributed by atoms with Crippen molar-refractivity contribution in [1.82, 2.24) is 23.9 Å². The molecule has 0 saturated heterocycles. The highest BCUT2D eigenvalue weighted by molar-refractivity contribution is 6.07. The van der Waals surface area contributed by atoms with E-state index in [1.165, 1.54) is 0 Å². The van der Waals surface area contributed by atoms with Gasteiger partial charge in [0.25, 0.3) is 17.7 Å². The van der Waals surface area contributed by atoms with Gasteiger partial charge in [0, 0.05) is 45.8 Å². The van der Waals surface area contributed by atoms with Crippen LogP contribution in [0.5, 0.6) is 0 Å². The van der Waals surface area contributed by atoms with Crippen molar-refractivity contribution in [2.45, 2.75) is 19.4 Å². The zero-order chi connectivity index (χ0) is 28.5. The number of rotatable bonds is 14. The van der Waals surface area contributed by atoms with Crippen molar-refractivity contribution in [3.05, 3.63) is 53.9 Å². The Morgan fingerprint density at radius 3 is 2.05 bits per heavy atom. The Balaban J connectivity index is 1.72. The van der Waals surface area contributed by atoms with E-state index in [1.807, 2.05) is 19.0 Å². The number of hydrogen-bond donors (Lipinski definition) is 5. The second-order valence-electron chi connectivity index (χ2n) is 9.48. The largest absolute Gasteiger partial charge is 0.351 e. The number of nitrogens with two attached hydrogens (primary N) is 1. The van der Waals surface area contributed by atoms with Crippen LogP contribution < -0.4 is 27.0 Å². The summed E-state index contributed by atoms with van der Waals surface area (Å²) in [6.07, 6.45) is 6.95. The lowest BCUT2D eigenvalue weighted by atomic mass is 10.3. The normalized spacial score (nSPS) is 10.9. The predicted molar refractivity (Wildman–Crippen MR) is 150 cm³/mol. The van der Waals surface area contributed by atoms with E-state index in [9.17, 15) is 19.2 Å². The molecule has 0 saturated carbocycles. The molecule has 0 unspecified atom stereocenters. The van der Waals surface area contributed by atoms with Gasteiger partial charge in [-0.2, -0.15) is 0 Å². The second kappa shape index (κ2) is 13.4. The van der Waals surface area contributed by atoms with Gasteiger partial charge in [-0.1, -0.05) is 0 Å². The average molecular weight is 540 g/mol. The highest BCUT2D eigenvalue weighted by Gasteiger charge is 2.19. The minimum Gasteiger partial charge on any atom is -0.351 e. The van der Waals surface area contributed by atoms with Gasteiger partial charge < -0.3 is 45.6 Å². The molecule has 0 spiro atoms. The van der Waals surface area contributed by atoms with Crippen LogP contribution in [0, 0.1) is 0 Å². The van der Waals surface area contributed by atoms with Gasteiger partial charge >= 0.3 is 0 Å². The van der Waals surface area contributed by atoms with Crippen LogP contribution in [-0.2, 0) is 25.4 Å². The summed E-state index contributed by atoms with van der Waals surface area (Å²) in [6.45, 7) is 2.32. The third kappa shape index (κ3) is 7.82. The molecule has 13 nitrogen and oxygen atoms in total. The molecule has 6 N–H and O–H groups in total. The van der Waals surface area contributed by atoms with Crippen molar-refractivity contribution in [1.29, 1.82) is 0 Å². The molecule has 0 aliphatic carbocycles. The number of hydrogen-bond acceptors (Lipinski definition) is 6. The zero-order valence-electron chi connectivity index (χ0n) is 22.8. The van der Waals surface area contributed by atoms with Gasteiger partial charge in [-0.15, -0.1) is 0 Å². The third-order valence-electron chi connectivity index (χ3n) is 6.02. The van der Waals surface area contributed by atoms with Crippen LogP contribution in [0.25, 0.3) is 0 Å². The van der Waals surface area contributed by atoms with Gasteiger partial charge in [0.15, 0.2) is 0 Å². The van der Waals surface area contributed by atoms with Gasteiger partial charge in [-0.3, -0.25) is 19.2 Å². The first-order chi connectivity index (χ1) is 18.6. The van der Waals surface area contributed by atoms with E-state index in [0.717, 1.165) is 13.0 Å². The van der Waals surface area contributed by atoms with Crippen LogP contribution in [0.2, 0.25) is 0 Å². The van der Waals surface area contributed by atoms with E-state index in [1.54, 1.807) is 64.6 Å². The van der Waals surface area contributed by atoms with Crippen LogP contribution in [0.4, 0.5) is 17.1 Å². The molecular weight excluding hydrogens is 502 g/mol. The minimum atomic E-state index is -0.399. The fraction of sp³-hybridized carbons (Fsp3) is 0.385. The van der Waals surface area contributed by atoms with Crippen LogP contribution in [0.3, 0.4) is 0 Å². The molecule has 0 aliphatic rings. The molecule has 3 rings (SSSR count). The quantitative estimate of drug-likeness (QED) is 0.153. The zero-order valence-corrected chi connectivity index (χ0v) is 22.8. The van der Waals surface area contributed by atoms with Gasteiger partial charge in [0.05, 0.1) is 17.1 Å².